The van der Waals surface area contributed by atoms with E-state index in [-0.39, 0.29) is 0 Å². The molecule has 0 aliphatic carbocycles. The van der Waals surface area contributed by atoms with Gasteiger partial charge < -0.3 is 5.32 Å². The average Bonchev–Trinajstić information content (AvgIpc) is 2.64. The standard InChI is InChI=1S/C12H22N4/c1-10(2)12-9-16(5-4-13-12)8-11-6-14-15(3)7-11/h6-7,10,12-13H,4-5,8-9H2,1-3H3. The smallest absolute Gasteiger partial charge is 0.0534 e. The van der Waals surface area contributed by atoms with Crippen molar-refractivity contribution in [2.24, 2.45) is 13.0 Å². The molecule has 1 unspecified atom stereocenters. The van der Waals surface area contributed by atoms with Crippen molar-refractivity contribution in [3.05, 3.63) is 18.0 Å². The van der Waals surface area contributed by atoms with Gasteiger partial charge in [0.1, 0.15) is 0 Å². The Bertz CT molecular complexity index is 332. The predicted molar refractivity (Wildman–Crippen MR) is 65.1 cm³/mol. The second-order valence-corrected chi connectivity index (χ2v) is 5.06. The fourth-order valence-electron chi connectivity index (χ4n) is 2.24. The second kappa shape index (κ2) is 4.97. The zero-order chi connectivity index (χ0) is 11.5. The Labute approximate surface area is 97.6 Å². The van der Waals surface area contributed by atoms with Crippen molar-refractivity contribution in [2.45, 2.75) is 26.4 Å². The number of rotatable bonds is 3. The molecule has 0 bridgehead atoms. The van der Waals surface area contributed by atoms with Crippen LogP contribution in [0, 0.1) is 5.92 Å². The van der Waals surface area contributed by atoms with Crippen LogP contribution in [0.1, 0.15) is 19.4 Å². The van der Waals surface area contributed by atoms with Gasteiger partial charge in [-0.15, -0.1) is 0 Å². The van der Waals surface area contributed by atoms with Gasteiger partial charge in [0, 0.05) is 51.0 Å². The van der Waals surface area contributed by atoms with Gasteiger partial charge in [-0.25, -0.2) is 0 Å². The van der Waals surface area contributed by atoms with Gasteiger partial charge in [-0.2, -0.15) is 5.10 Å². The van der Waals surface area contributed by atoms with Gasteiger partial charge in [0.05, 0.1) is 6.20 Å². The van der Waals surface area contributed by atoms with Crippen LogP contribution in [0.3, 0.4) is 0 Å². The summed E-state index contributed by atoms with van der Waals surface area (Å²) < 4.78 is 1.87. The Kier molecular flexibility index (Phi) is 3.61. The van der Waals surface area contributed by atoms with E-state index in [1.54, 1.807) is 0 Å². The first-order valence-corrected chi connectivity index (χ1v) is 6.08. The first-order valence-electron chi connectivity index (χ1n) is 6.08. The van der Waals surface area contributed by atoms with Crippen molar-refractivity contribution in [1.82, 2.24) is 20.0 Å². The zero-order valence-corrected chi connectivity index (χ0v) is 10.5. The van der Waals surface area contributed by atoms with Gasteiger partial charge in [0.15, 0.2) is 0 Å². The van der Waals surface area contributed by atoms with Crippen LogP contribution in [0.5, 0.6) is 0 Å². The van der Waals surface area contributed by atoms with Crippen molar-refractivity contribution >= 4 is 0 Å². The fraction of sp³-hybridized carbons (Fsp3) is 0.750. The molecule has 2 heterocycles. The Morgan fingerprint density at radius 2 is 2.38 bits per heavy atom. The minimum atomic E-state index is 0.630. The molecule has 0 amide bonds. The number of piperazine rings is 1. The molecule has 1 aliphatic heterocycles. The molecule has 0 aromatic carbocycles. The molecule has 4 nitrogen and oxygen atoms in total. The fourth-order valence-corrected chi connectivity index (χ4v) is 2.24. The quantitative estimate of drug-likeness (QED) is 0.823. The predicted octanol–water partition coefficient (Wildman–Crippen LogP) is 0.850. The maximum Gasteiger partial charge on any atom is 0.0534 e. The van der Waals surface area contributed by atoms with Crippen molar-refractivity contribution in [1.29, 1.82) is 0 Å². The molecule has 1 fully saturated rings. The molecule has 90 valence electrons. The van der Waals surface area contributed by atoms with Crippen LogP contribution in [0.2, 0.25) is 0 Å². The third-order valence-electron chi connectivity index (χ3n) is 3.26. The Morgan fingerprint density at radius 1 is 1.56 bits per heavy atom. The second-order valence-electron chi connectivity index (χ2n) is 5.06. The normalized spacial score (nSPS) is 22.9. The molecule has 16 heavy (non-hydrogen) atoms. The number of hydrogen-bond donors (Lipinski definition) is 1. The monoisotopic (exact) mass is 222 g/mol. The molecule has 1 aliphatic rings. The van der Waals surface area contributed by atoms with Crippen molar-refractivity contribution < 1.29 is 0 Å². The molecule has 0 radical (unpaired) electrons. The summed E-state index contributed by atoms with van der Waals surface area (Å²) in [7, 11) is 1.97. The number of aromatic nitrogens is 2. The molecule has 1 saturated heterocycles. The topological polar surface area (TPSA) is 33.1 Å². The summed E-state index contributed by atoms with van der Waals surface area (Å²) in [5.74, 6) is 0.705. The SMILES string of the molecule is CC(C)C1CN(Cc2cnn(C)c2)CCN1. The van der Waals surface area contributed by atoms with E-state index in [1.165, 1.54) is 5.56 Å². The highest BCUT2D eigenvalue weighted by Crippen LogP contribution is 2.11. The molecule has 0 spiro atoms. The molecule has 2 rings (SSSR count). The maximum absolute atomic E-state index is 4.21. The molecule has 0 saturated carbocycles. The van der Waals surface area contributed by atoms with Crippen LogP contribution in [0.25, 0.3) is 0 Å². The lowest BCUT2D eigenvalue weighted by molar-refractivity contribution is 0.168. The van der Waals surface area contributed by atoms with Gasteiger partial charge in [-0.1, -0.05) is 13.8 Å². The van der Waals surface area contributed by atoms with Crippen molar-refractivity contribution in [3.63, 3.8) is 0 Å². The number of nitrogens with one attached hydrogen (secondary N) is 1. The van der Waals surface area contributed by atoms with E-state index in [1.807, 2.05) is 17.9 Å². The average molecular weight is 222 g/mol. The van der Waals surface area contributed by atoms with Gasteiger partial charge in [0.2, 0.25) is 0 Å². The van der Waals surface area contributed by atoms with Crippen LogP contribution in [-0.4, -0.2) is 40.4 Å². The Balaban J connectivity index is 1.90. The Hall–Kier alpha value is -0.870. The highest BCUT2D eigenvalue weighted by atomic mass is 15.3. The van der Waals surface area contributed by atoms with Gasteiger partial charge >= 0.3 is 0 Å². The summed E-state index contributed by atoms with van der Waals surface area (Å²) in [6.45, 7) is 8.98. The van der Waals surface area contributed by atoms with Crippen LogP contribution >= 0.6 is 0 Å². The largest absolute Gasteiger partial charge is 0.311 e. The number of nitrogens with zero attached hydrogens (tertiary/aromatic N) is 3. The molecule has 1 N–H and O–H groups in total. The van der Waals surface area contributed by atoms with Crippen LogP contribution in [-0.2, 0) is 13.6 Å². The summed E-state index contributed by atoms with van der Waals surface area (Å²) >= 11 is 0. The van der Waals surface area contributed by atoms with Crippen LogP contribution in [0.4, 0.5) is 0 Å². The molecule has 4 heteroatoms. The highest BCUT2D eigenvalue weighted by Gasteiger charge is 2.21. The van der Waals surface area contributed by atoms with E-state index in [9.17, 15) is 0 Å². The summed E-state index contributed by atoms with van der Waals surface area (Å²) in [4.78, 5) is 2.51. The highest BCUT2D eigenvalue weighted by molar-refractivity contribution is 5.03. The third kappa shape index (κ3) is 2.83. The summed E-state index contributed by atoms with van der Waals surface area (Å²) in [5.41, 5.74) is 1.31. The van der Waals surface area contributed by atoms with Gasteiger partial charge in [-0.05, 0) is 5.92 Å². The summed E-state index contributed by atoms with van der Waals surface area (Å²) in [6.07, 6.45) is 4.07. The minimum absolute atomic E-state index is 0.630. The lowest BCUT2D eigenvalue weighted by Crippen LogP contribution is -2.52. The van der Waals surface area contributed by atoms with E-state index < -0.39 is 0 Å². The van der Waals surface area contributed by atoms with Crippen molar-refractivity contribution in [3.8, 4) is 0 Å². The van der Waals surface area contributed by atoms with Crippen LogP contribution < -0.4 is 5.32 Å². The summed E-state index contributed by atoms with van der Waals surface area (Å²) in [6, 6.07) is 0.630. The summed E-state index contributed by atoms with van der Waals surface area (Å²) in [5, 5.41) is 7.79. The molecular formula is C12H22N4. The minimum Gasteiger partial charge on any atom is -0.311 e. The molecule has 1 atom stereocenters. The number of aryl methyl sites for hydroxylation is 1. The van der Waals surface area contributed by atoms with Gasteiger partial charge in [0.25, 0.3) is 0 Å². The molecule has 1 aromatic rings. The third-order valence-corrected chi connectivity index (χ3v) is 3.26. The van der Waals surface area contributed by atoms with E-state index in [4.69, 9.17) is 0 Å². The lowest BCUT2D eigenvalue weighted by atomic mass is 10.0. The maximum atomic E-state index is 4.21. The Morgan fingerprint density at radius 3 is 3.00 bits per heavy atom. The lowest BCUT2D eigenvalue weighted by Gasteiger charge is -2.35. The van der Waals surface area contributed by atoms with E-state index in [2.05, 4.69) is 35.4 Å². The van der Waals surface area contributed by atoms with Gasteiger partial charge in [-0.3, -0.25) is 9.58 Å². The molecular weight excluding hydrogens is 200 g/mol. The molecule has 1 aromatic heterocycles. The van der Waals surface area contributed by atoms with Crippen LogP contribution in [0.15, 0.2) is 12.4 Å². The number of hydrogen-bond acceptors (Lipinski definition) is 3. The first-order chi connectivity index (χ1) is 7.65. The zero-order valence-electron chi connectivity index (χ0n) is 10.5. The first kappa shape index (κ1) is 11.6. The van der Waals surface area contributed by atoms with Crippen molar-refractivity contribution in [2.75, 3.05) is 19.6 Å². The van der Waals surface area contributed by atoms with E-state index in [0.29, 0.717) is 12.0 Å². The van der Waals surface area contributed by atoms with E-state index >= 15 is 0 Å². The van der Waals surface area contributed by atoms with E-state index in [0.717, 1.165) is 26.2 Å².